The Morgan fingerprint density at radius 2 is 2.11 bits per heavy atom. The van der Waals surface area contributed by atoms with E-state index in [1.165, 1.54) is 19.1 Å². The first-order valence-electron chi connectivity index (χ1n) is 8.43. The molecule has 0 aliphatic rings. The third-order valence-corrected chi connectivity index (χ3v) is 4.28. The number of fused-ring (bicyclic) bond motifs is 1. The van der Waals surface area contributed by atoms with Gasteiger partial charge in [0.25, 0.3) is 5.91 Å². The third-order valence-electron chi connectivity index (χ3n) is 4.00. The summed E-state index contributed by atoms with van der Waals surface area (Å²) < 4.78 is 20.4. The van der Waals surface area contributed by atoms with E-state index in [1.807, 2.05) is 6.07 Å². The fraction of sp³-hybridized carbons (Fsp3) is 0.150. The molecule has 2 aromatic heterocycles. The summed E-state index contributed by atoms with van der Waals surface area (Å²) in [4.78, 5) is 28.3. The summed E-state index contributed by atoms with van der Waals surface area (Å²) in [6.45, 7) is 3.04. The van der Waals surface area contributed by atoms with Gasteiger partial charge in [-0.25, -0.2) is 14.2 Å². The second-order valence-corrected chi connectivity index (χ2v) is 6.44. The predicted molar refractivity (Wildman–Crippen MR) is 105 cm³/mol. The molecular formula is C20H17ClFN3O3. The lowest BCUT2D eigenvalue weighted by molar-refractivity contribution is -0.148. The van der Waals surface area contributed by atoms with Crippen LogP contribution < -0.4 is 5.32 Å². The van der Waals surface area contributed by atoms with Crippen molar-refractivity contribution >= 4 is 40.9 Å². The number of hydrogen-bond donors (Lipinski definition) is 1. The number of imidazole rings is 1. The maximum Gasteiger partial charge on any atom is 0.331 e. The van der Waals surface area contributed by atoms with E-state index in [0.717, 1.165) is 6.08 Å². The van der Waals surface area contributed by atoms with E-state index in [0.29, 0.717) is 16.9 Å². The van der Waals surface area contributed by atoms with Crippen LogP contribution in [0.3, 0.4) is 0 Å². The lowest BCUT2D eigenvalue weighted by Gasteiger charge is -2.12. The molecule has 144 valence electrons. The van der Waals surface area contributed by atoms with Crippen LogP contribution in [-0.2, 0) is 14.3 Å². The highest BCUT2D eigenvalue weighted by atomic mass is 35.5. The molecule has 3 aromatic rings. The number of anilines is 1. The van der Waals surface area contributed by atoms with Gasteiger partial charge in [0.2, 0.25) is 0 Å². The monoisotopic (exact) mass is 401 g/mol. The standard InChI is InChI=1S/C20H17ClFN3O3/c1-12-6-7-14(11-15(12)22)23-20(27)13(2)28-18(26)9-8-16-19(21)24-17-5-3-4-10-25(16)17/h3-11,13H,1-2H3,(H,23,27)/b9-8+/t13-/m1/s1. The van der Waals surface area contributed by atoms with Gasteiger partial charge in [0, 0.05) is 18.0 Å². The van der Waals surface area contributed by atoms with Crippen LogP contribution in [-0.4, -0.2) is 27.4 Å². The summed E-state index contributed by atoms with van der Waals surface area (Å²) in [6, 6.07) is 9.72. The van der Waals surface area contributed by atoms with Crippen LogP contribution in [0.5, 0.6) is 0 Å². The van der Waals surface area contributed by atoms with Crippen LogP contribution >= 0.6 is 11.6 Å². The van der Waals surface area contributed by atoms with E-state index in [-0.39, 0.29) is 10.8 Å². The quantitative estimate of drug-likeness (QED) is 0.517. The van der Waals surface area contributed by atoms with Crippen molar-refractivity contribution in [3.8, 4) is 0 Å². The van der Waals surface area contributed by atoms with E-state index in [4.69, 9.17) is 16.3 Å². The number of nitrogens with one attached hydrogen (secondary N) is 1. The highest BCUT2D eigenvalue weighted by Crippen LogP contribution is 2.19. The number of amides is 1. The lowest BCUT2D eigenvalue weighted by Crippen LogP contribution is -2.29. The molecule has 1 aromatic carbocycles. The average Bonchev–Trinajstić information content (AvgIpc) is 2.98. The maximum absolute atomic E-state index is 13.6. The molecule has 8 heteroatoms. The molecule has 3 rings (SSSR count). The highest BCUT2D eigenvalue weighted by molar-refractivity contribution is 6.31. The van der Waals surface area contributed by atoms with Gasteiger partial charge in [-0.2, -0.15) is 0 Å². The van der Waals surface area contributed by atoms with Gasteiger partial charge in [0.15, 0.2) is 11.3 Å². The Hall–Kier alpha value is -3.19. The average molecular weight is 402 g/mol. The number of benzene rings is 1. The molecule has 28 heavy (non-hydrogen) atoms. The summed E-state index contributed by atoms with van der Waals surface area (Å²) in [6.07, 6.45) is 3.32. The molecule has 6 nitrogen and oxygen atoms in total. The van der Waals surface area contributed by atoms with Crippen LogP contribution in [0.2, 0.25) is 5.15 Å². The summed E-state index contributed by atoms with van der Waals surface area (Å²) in [5, 5.41) is 2.74. The van der Waals surface area contributed by atoms with Gasteiger partial charge >= 0.3 is 5.97 Å². The molecule has 0 spiro atoms. The molecule has 0 bridgehead atoms. The molecule has 1 atom stereocenters. The molecule has 2 heterocycles. The van der Waals surface area contributed by atoms with E-state index in [1.54, 1.807) is 41.8 Å². The molecule has 0 saturated heterocycles. The number of pyridine rings is 1. The minimum Gasteiger partial charge on any atom is -0.449 e. The number of carbonyl (C=O) groups excluding carboxylic acids is 2. The van der Waals surface area contributed by atoms with Crippen molar-refractivity contribution < 1.29 is 18.7 Å². The van der Waals surface area contributed by atoms with E-state index in [2.05, 4.69) is 10.3 Å². The summed E-state index contributed by atoms with van der Waals surface area (Å²) in [7, 11) is 0. The van der Waals surface area contributed by atoms with Crippen molar-refractivity contribution in [2.45, 2.75) is 20.0 Å². The number of halogens is 2. The van der Waals surface area contributed by atoms with Crippen molar-refractivity contribution in [3.05, 3.63) is 70.9 Å². The van der Waals surface area contributed by atoms with Crippen LogP contribution in [0, 0.1) is 12.7 Å². The van der Waals surface area contributed by atoms with E-state index < -0.39 is 23.8 Å². The van der Waals surface area contributed by atoms with E-state index in [9.17, 15) is 14.0 Å². The van der Waals surface area contributed by atoms with Gasteiger partial charge in [0.1, 0.15) is 11.5 Å². The molecular weight excluding hydrogens is 385 g/mol. The highest BCUT2D eigenvalue weighted by Gasteiger charge is 2.17. The number of aryl methyl sites for hydroxylation is 1. The minimum absolute atomic E-state index is 0.238. The molecule has 0 saturated carbocycles. The van der Waals surface area contributed by atoms with Crippen molar-refractivity contribution in [2.24, 2.45) is 0 Å². The summed E-state index contributed by atoms with van der Waals surface area (Å²) in [5.41, 5.74) is 1.90. The first-order chi connectivity index (χ1) is 13.3. The molecule has 0 aliphatic carbocycles. The Morgan fingerprint density at radius 1 is 1.32 bits per heavy atom. The Balaban J connectivity index is 1.63. The first-order valence-corrected chi connectivity index (χ1v) is 8.81. The zero-order valence-electron chi connectivity index (χ0n) is 15.1. The zero-order chi connectivity index (χ0) is 20.3. The third kappa shape index (κ3) is 4.37. The van der Waals surface area contributed by atoms with Gasteiger partial charge < -0.3 is 10.1 Å². The van der Waals surface area contributed by atoms with Gasteiger partial charge in [0.05, 0.1) is 5.69 Å². The predicted octanol–water partition coefficient (Wildman–Crippen LogP) is 4.02. The van der Waals surface area contributed by atoms with Crippen LogP contribution in [0.1, 0.15) is 18.2 Å². The smallest absolute Gasteiger partial charge is 0.331 e. The van der Waals surface area contributed by atoms with Gasteiger partial charge in [-0.1, -0.05) is 23.7 Å². The van der Waals surface area contributed by atoms with Gasteiger partial charge in [-0.3, -0.25) is 9.20 Å². The van der Waals surface area contributed by atoms with Crippen LogP contribution in [0.4, 0.5) is 10.1 Å². The fourth-order valence-corrected chi connectivity index (χ4v) is 2.70. The molecule has 0 radical (unpaired) electrons. The SMILES string of the molecule is Cc1ccc(NC(=O)[C@@H](C)OC(=O)/C=C/c2c(Cl)nc3ccccn23)cc1F. The molecule has 0 fully saturated rings. The Morgan fingerprint density at radius 3 is 2.86 bits per heavy atom. The molecule has 0 aliphatic heterocycles. The number of hydrogen-bond acceptors (Lipinski definition) is 4. The summed E-state index contributed by atoms with van der Waals surface area (Å²) in [5.74, 6) is -1.73. The number of carbonyl (C=O) groups is 2. The zero-order valence-corrected chi connectivity index (χ0v) is 15.9. The van der Waals surface area contributed by atoms with Crippen molar-refractivity contribution in [3.63, 3.8) is 0 Å². The molecule has 1 amide bonds. The number of aromatic nitrogens is 2. The minimum atomic E-state index is -1.07. The van der Waals surface area contributed by atoms with Crippen molar-refractivity contribution in [1.29, 1.82) is 0 Å². The maximum atomic E-state index is 13.6. The Bertz CT molecular complexity index is 1080. The number of ether oxygens (including phenoxy) is 1. The lowest BCUT2D eigenvalue weighted by atomic mass is 10.2. The van der Waals surface area contributed by atoms with Crippen molar-refractivity contribution in [1.82, 2.24) is 9.38 Å². The summed E-state index contributed by atoms with van der Waals surface area (Å²) >= 11 is 6.09. The van der Waals surface area contributed by atoms with Crippen LogP contribution in [0.15, 0.2) is 48.7 Å². The molecule has 1 N–H and O–H groups in total. The first kappa shape index (κ1) is 19.6. The Labute approximate surface area is 165 Å². The largest absolute Gasteiger partial charge is 0.449 e. The number of esters is 1. The number of rotatable bonds is 5. The van der Waals surface area contributed by atoms with Crippen LogP contribution in [0.25, 0.3) is 11.7 Å². The fourth-order valence-electron chi connectivity index (χ4n) is 2.46. The van der Waals surface area contributed by atoms with Crippen molar-refractivity contribution in [2.75, 3.05) is 5.32 Å². The molecule has 0 unspecified atom stereocenters. The number of nitrogens with zero attached hydrogens (tertiary/aromatic N) is 2. The van der Waals surface area contributed by atoms with E-state index >= 15 is 0 Å². The van der Waals surface area contributed by atoms with Gasteiger partial charge in [-0.05, 0) is 49.8 Å². The topological polar surface area (TPSA) is 72.7 Å². The Kier molecular flexibility index (Phi) is 5.75. The second kappa shape index (κ2) is 8.22. The van der Waals surface area contributed by atoms with Gasteiger partial charge in [-0.15, -0.1) is 0 Å². The second-order valence-electron chi connectivity index (χ2n) is 6.08. The normalized spacial score (nSPS) is 12.3.